The molecule has 0 aromatic carbocycles. The van der Waals surface area contributed by atoms with E-state index in [9.17, 15) is 4.79 Å². The molecule has 0 fully saturated rings. The van der Waals surface area contributed by atoms with E-state index in [1.54, 1.807) is 7.11 Å². The molecular weight excluding hydrogens is 224 g/mol. The Balaban J connectivity index is 2.65. The van der Waals surface area contributed by atoms with Gasteiger partial charge in [-0.1, -0.05) is 39.5 Å². The van der Waals surface area contributed by atoms with E-state index in [4.69, 9.17) is 4.74 Å². The first kappa shape index (κ1) is 15.4. The summed E-state index contributed by atoms with van der Waals surface area (Å²) in [7, 11) is 1.73. The van der Waals surface area contributed by atoms with Gasteiger partial charge in [-0.05, 0) is 36.8 Å². The Morgan fingerprint density at radius 1 is 1.06 bits per heavy atom. The summed E-state index contributed by atoms with van der Waals surface area (Å²) in [6.07, 6.45) is 9.91. The largest absolute Gasteiger partial charge is 0.377 e. The minimum Gasteiger partial charge on any atom is -0.377 e. The van der Waals surface area contributed by atoms with Gasteiger partial charge in [-0.15, -0.1) is 0 Å². The molecule has 104 valence electrons. The maximum atomic E-state index is 12.0. The van der Waals surface area contributed by atoms with Crippen molar-refractivity contribution in [2.24, 2.45) is 0 Å². The maximum Gasteiger partial charge on any atom is 0.161 e. The zero-order valence-electron chi connectivity index (χ0n) is 12.3. The molecular formula is C16H28O2. The van der Waals surface area contributed by atoms with Gasteiger partial charge >= 0.3 is 0 Å². The van der Waals surface area contributed by atoms with E-state index >= 15 is 0 Å². The average molecular weight is 252 g/mol. The lowest BCUT2D eigenvalue weighted by Gasteiger charge is -2.13. The minimum absolute atomic E-state index is 0.0750. The van der Waals surface area contributed by atoms with Crippen LogP contribution in [-0.4, -0.2) is 19.0 Å². The lowest BCUT2D eigenvalue weighted by molar-refractivity contribution is -0.116. The first-order valence-corrected chi connectivity index (χ1v) is 7.52. The van der Waals surface area contributed by atoms with E-state index < -0.39 is 0 Å². The van der Waals surface area contributed by atoms with Gasteiger partial charge in [0.1, 0.15) is 0 Å². The van der Waals surface area contributed by atoms with Crippen molar-refractivity contribution >= 4 is 5.78 Å². The lowest BCUT2D eigenvalue weighted by Crippen LogP contribution is -2.10. The van der Waals surface area contributed by atoms with Crippen LogP contribution in [0.4, 0.5) is 0 Å². The highest BCUT2D eigenvalue weighted by Crippen LogP contribution is 2.32. The minimum atomic E-state index is 0.0750. The zero-order valence-corrected chi connectivity index (χ0v) is 12.3. The molecule has 0 aromatic heterocycles. The summed E-state index contributed by atoms with van der Waals surface area (Å²) in [5, 5.41) is 0. The third-order valence-electron chi connectivity index (χ3n) is 3.85. The molecule has 0 aliphatic heterocycles. The van der Waals surface area contributed by atoms with E-state index in [0.29, 0.717) is 12.2 Å². The summed E-state index contributed by atoms with van der Waals surface area (Å²) >= 11 is 0. The predicted octanol–water partition coefficient (Wildman–Crippen LogP) is 4.43. The topological polar surface area (TPSA) is 26.3 Å². The molecule has 0 spiro atoms. The number of carbonyl (C=O) groups is 1. The number of hydrogen-bond acceptors (Lipinski definition) is 2. The smallest absolute Gasteiger partial charge is 0.161 e. The van der Waals surface area contributed by atoms with Crippen LogP contribution in [0.5, 0.6) is 0 Å². The Morgan fingerprint density at radius 3 is 2.22 bits per heavy atom. The standard InChI is InChI=1S/C16H28O2/c1-4-6-8-10-13-14(11-9-7-5-2)16(18-3)12-15(13)17/h16H,4-12H2,1-3H3. The summed E-state index contributed by atoms with van der Waals surface area (Å²) in [6, 6.07) is 0. The van der Waals surface area contributed by atoms with E-state index in [-0.39, 0.29) is 6.10 Å². The van der Waals surface area contributed by atoms with Gasteiger partial charge in [0.05, 0.1) is 6.10 Å². The number of Topliss-reactive ketones (excluding diaryl/α,β-unsaturated/α-hetero) is 1. The number of ketones is 1. The molecule has 0 saturated carbocycles. The van der Waals surface area contributed by atoms with Gasteiger partial charge in [-0.3, -0.25) is 4.79 Å². The van der Waals surface area contributed by atoms with Crippen LogP contribution >= 0.6 is 0 Å². The maximum absolute atomic E-state index is 12.0. The molecule has 18 heavy (non-hydrogen) atoms. The predicted molar refractivity (Wildman–Crippen MR) is 75.7 cm³/mol. The molecule has 0 saturated heterocycles. The average Bonchev–Trinajstić information content (AvgIpc) is 2.67. The lowest BCUT2D eigenvalue weighted by atomic mass is 9.98. The fraction of sp³-hybridized carbons (Fsp3) is 0.812. The molecule has 2 nitrogen and oxygen atoms in total. The first-order chi connectivity index (χ1) is 8.74. The Morgan fingerprint density at radius 2 is 1.67 bits per heavy atom. The van der Waals surface area contributed by atoms with Gasteiger partial charge < -0.3 is 4.74 Å². The van der Waals surface area contributed by atoms with Crippen molar-refractivity contribution in [1.29, 1.82) is 0 Å². The normalized spacial score (nSPS) is 19.9. The third kappa shape index (κ3) is 4.24. The van der Waals surface area contributed by atoms with Crippen molar-refractivity contribution < 1.29 is 9.53 Å². The first-order valence-electron chi connectivity index (χ1n) is 7.52. The molecule has 1 aliphatic rings. The van der Waals surface area contributed by atoms with Gasteiger partial charge in [0.15, 0.2) is 5.78 Å². The summed E-state index contributed by atoms with van der Waals surface area (Å²) in [6.45, 7) is 4.41. The molecule has 0 aromatic rings. The highest BCUT2D eigenvalue weighted by atomic mass is 16.5. The van der Waals surface area contributed by atoms with Crippen LogP contribution in [-0.2, 0) is 9.53 Å². The van der Waals surface area contributed by atoms with Gasteiger partial charge in [0, 0.05) is 13.5 Å². The summed E-state index contributed by atoms with van der Waals surface area (Å²) in [5.41, 5.74) is 2.42. The van der Waals surface area contributed by atoms with E-state index in [1.165, 1.54) is 37.7 Å². The van der Waals surface area contributed by atoms with Gasteiger partial charge in [0.25, 0.3) is 0 Å². The fourth-order valence-corrected chi connectivity index (χ4v) is 2.74. The van der Waals surface area contributed by atoms with Crippen molar-refractivity contribution in [1.82, 2.24) is 0 Å². The second-order valence-electron chi connectivity index (χ2n) is 5.27. The van der Waals surface area contributed by atoms with E-state index in [0.717, 1.165) is 24.8 Å². The Bertz CT molecular complexity index is 291. The molecule has 0 amide bonds. The van der Waals surface area contributed by atoms with E-state index in [1.807, 2.05) is 0 Å². The molecule has 1 aliphatic carbocycles. The summed E-state index contributed by atoms with van der Waals surface area (Å²) in [4.78, 5) is 12.0. The second kappa shape index (κ2) is 8.47. The van der Waals surface area contributed by atoms with Crippen molar-refractivity contribution in [2.75, 3.05) is 7.11 Å². The van der Waals surface area contributed by atoms with Crippen molar-refractivity contribution in [3.8, 4) is 0 Å². The molecule has 1 atom stereocenters. The number of methoxy groups -OCH3 is 1. The van der Waals surface area contributed by atoms with Crippen molar-refractivity contribution in [2.45, 2.75) is 77.7 Å². The van der Waals surface area contributed by atoms with Crippen LogP contribution in [0.15, 0.2) is 11.1 Å². The van der Waals surface area contributed by atoms with Crippen LogP contribution in [0, 0.1) is 0 Å². The van der Waals surface area contributed by atoms with Gasteiger partial charge in [-0.2, -0.15) is 0 Å². The fourth-order valence-electron chi connectivity index (χ4n) is 2.74. The second-order valence-corrected chi connectivity index (χ2v) is 5.27. The SMILES string of the molecule is CCCCCC1=C(CCCCC)C(OC)CC1=O. The molecule has 0 N–H and O–H groups in total. The highest BCUT2D eigenvalue weighted by Gasteiger charge is 2.30. The van der Waals surface area contributed by atoms with Crippen LogP contribution in [0.3, 0.4) is 0 Å². The molecule has 0 radical (unpaired) electrons. The van der Waals surface area contributed by atoms with Gasteiger partial charge in [0.2, 0.25) is 0 Å². The number of carbonyl (C=O) groups excluding carboxylic acids is 1. The summed E-state index contributed by atoms with van der Waals surface area (Å²) in [5.74, 6) is 0.337. The quantitative estimate of drug-likeness (QED) is 0.567. The Kier molecular flexibility index (Phi) is 7.26. The van der Waals surface area contributed by atoms with Crippen LogP contribution < -0.4 is 0 Å². The number of ether oxygens (including phenoxy) is 1. The molecule has 1 unspecified atom stereocenters. The van der Waals surface area contributed by atoms with Gasteiger partial charge in [-0.25, -0.2) is 0 Å². The molecule has 0 bridgehead atoms. The third-order valence-corrected chi connectivity index (χ3v) is 3.85. The van der Waals surface area contributed by atoms with Crippen LogP contribution in [0.2, 0.25) is 0 Å². The van der Waals surface area contributed by atoms with E-state index in [2.05, 4.69) is 13.8 Å². The number of rotatable bonds is 9. The Hall–Kier alpha value is -0.630. The van der Waals surface area contributed by atoms with Crippen molar-refractivity contribution in [3.63, 3.8) is 0 Å². The molecule has 2 heteroatoms. The monoisotopic (exact) mass is 252 g/mol. The van der Waals surface area contributed by atoms with Crippen LogP contribution in [0.1, 0.15) is 71.6 Å². The van der Waals surface area contributed by atoms with Crippen LogP contribution in [0.25, 0.3) is 0 Å². The molecule has 0 heterocycles. The number of unbranched alkanes of at least 4 members (excludes halogenated alkanes) is 4. The number of allylic oxidation sites excluding steroid dienone is 1. The number of hydrogen-bond donors (Lipinski definition) is 0. The Labute approximate surface area is 112 Å². The van der Waals surface area contributed by atoms with Crippen molar-refractivity contribution in [3.05, 3.63) is 11.1 Å². The molecule has 1 rings (SSSR count). The highest BCUT2D eigenvalue weighted by molar-refractivity contribution is 5.99. The zero-order chi connectivity index (χ0) is 13.4. The summed E-state index contributed by atoms with van der Waals surface area (Å²) < 4.78 is 5.48.